The smallest absolute Gasteiger partial charge is 0.127 e. The Labute approximate surface area is 88.0 Å². The number of nitrogens with two attached hydrogens (primary N) is 1. The molecule has 2 rings (SSSR count). The molecule has 4 nitrogen and oxygen atoms in total. The number of nitrogen functional groups attached to an aromatic ring is 1. The lowest BCUT2D eigenvalue weighted by Gasteiger charge is -2.04. The first kappa shape index (κ1) is 9.73. The Bertz CT molecular complexity index is 436. The number of aliphatic hydroxyl groups is 1. The van der Waals surface area contributed by atoms with Crippen molar-refractivity contribution in [1.82, 2.24) is 9.78 Å². The van der Waals surface area contributed by atoms with Crippen molar-refractivity contribution in [3.05, 3.63) is 47.7 Å². The summed E-state index contributed by atoms with van der Waals surface area (Å²) >= 11 is 0. The maximum atomic E-state index is 8.96. The molecule has 0 saturated heterocycles. The summed E-state index contributed by atoms with van der Waals surface area (Å²) in [5.74, 6) is 0.529. The zero-order valence-electron chi connectivity index (χ0n) is 8.30. The molecular weight excluding hydrogens is 190 g/mol. The van der Waals surface area contributed by atoms with Crippen LogP contribution in [0.2, 0.25) is 0 Å². The molecule has 0 spiro atoms. The van der Waals surface area contributed by atoms with E-state index in [1.54, 1.807) is 10.9 Å². The summed E-state index contributed by atoms with van der Waals surface area (Å²) in [6, 6.07) is 9.94. The second-order valence-corrected chi connectivity index (χ2v) is 3.36. The molecule has 0 saturated carbocycles. The number of nitrogens with zero attached hydrogens (tertiary/aromatic N) is 2. The highest BCUT2D eigenvalue weighted by Crippen LogP contribution is 2.12. The fourth-order valence-corrected chi connectivity index (χ4v) is 1.44. The van der Waals surface area contributed by atoms with Gasteiger partial charge in [-0.1, -0.05) is 30.3 Å². The maximum absolute atomic E-state index is 8.96. The lowest BCUT2D eigenvalue weighted by Crippen LogP contribution is -2.06. The van der Waals surface area contributed by atoms with Crippen molar-refractivity contribution in [2.45, 2.75) is 13.2 Å². The highest BCUT2D eigenvalue weighted by atomic mass is 16.3. The Morgan fingerprint density at radius 3 is 2.60 bits per heavy atom. The number of rotatable bonds is 3. The summed E-state index contributed by atoms with van der Waals surface area (Å²) in [5.41, 5.74) is 7.61. The summed E-state index contributed by atoms with van der Waals surface area (Å²) in [7, 11) is 0. The van der Waals surface area contributed by atoms with Gasteiger partial charge in [0.05, 0.1) is 19.3 Å². The highest BCUT2D eigenvalue weighted by Gasteiger charge is 2.05. The van der Waals surface area contributed by atoms with Crippen LogP contribution in [0.5, 0.6) is 0 Å². The van der Waals surface area contributed by atoms with Crippen LogP contribution in [-0.4, -0.2) is 14.9 Å². The summed E-state index contributed by atoms with van der Waals surface area (Å²) in [5, 5.41) is 13.1. The molecule has 0 aliphatic carbocycles. The summed E-state index contributed by atoms with van der Waals surface area (Å²) in [6.07, 6.45) is 1.60. The fourth-order valence-electron chi connectivity index (χ4n) is 1.44. The van der Waals surface area contributed by atoms with Gasteiger partial charge < -0.3 is 10.8 Å². The number of aromatic nitrogens is 2. The lowest BCUT2D eigenvalue weighted by molar-refractivity contribution is 0.282. The van der Waals surface area contributed by atoms with Gasteiger partial charge in [-0.2, -0.15) is 5.10 Å². The fraction of sp³-hybridized carbons (Fsp3) is 0.182. The van der Waals surface area contributed by atoms with Crippen LogP contribution in [-0.2, 0) is 13.2 Å². The zero-order chi connectivity index (χ0) is 10.7. The Morgan fingerprint density at radius 1 is 1.27 bits per heavy atom. The van der Waals surface area contributed by atoms with Crippen LogP contribution in [0.3, 0.4) is 0 Å². The van der Waals surface area contributed by atoms with Gasteiger partial charge in [0.15, 0.2) is 0 Å². The second kappa shape index (κ2) is 4.14. The van der Waals surface area contributed by atoms with Gasteiger partial charge in [-0.25, -0.2) is 4.68 Å². The number of hydrogen-bond acceptors (Lipinski definition) is 3. The van der Waals surface area contributed by atoms with Gasteiger partial charge in [-0.3, -0.25) is 0 Å². The average Bonchev–Trinajstić information content (AvgIpc) is 2.62. The summed E-state index contributed by atoms with van der Waals surface area (Å²) in [4.78, 5) is 0. The van der Waals surface area contributed by atoms with Crippen molar-refractivity contribution in [2.24, 2.45) is 0 Å². The van der Waals surface area contributed by atoms with Crippen molar-refractivity contribution in [2.75, 3.05) is 5.73 Å². The molecule has 0 atom stereocenters. The molecule has 1 aromatic heterocycles. The van der Waals surface area contributed by atoms with Crippen LogP contribution in [0, 0.1) is 0 Å². The topological polar surface area (TPSA) is 64.1 Å². The molecule has 0 unspecified atom stereocenters. The molecule has 4 heteroatoms. The minimum absolute atomic E-state index is 0.0688. The Balaban J connectivity index is 2.21. The Hall–Kier alpha value is -1.81. The van der Waals surface area contributed by atoms with Crippen molar-refractivity contribution in [1.29, 1.82) is 0 Å². The van der Waals surface area contributed by atoms with Crippen LogP contribution < -0.4 is 5.73 Å². The molecule has 1 heterocycles. The Kier molecular flexibility index (Phi) is 2.69. The molecule has 3 N–H and O–H groups in total. The SMILES string of the molecule is Nc1c(CO)cnn1Cc1ccccc1. The van der Waals surface area contributed by atoms with Crippen LogP contribution in [0.25, 0.3) is 0 Å². The predicted octanol–water partition coefficient (Wildman–Crippen LogP) is 1.01. The molecule has 0 bridgehead atoms. The van der Waals surface area contributed by atoms with Crippen molar-refractivity contribution in [3.63, 3.8) is 0 Å². The van der Waals surface area contributed by atoms with E-state index < -0.39 is 0 Å². The van der Waals surface area contributed by atoms with Gasteiger partial charge in [-0.05, 0) is 5.56 Å². The first-order valence-electron chi connectivity index (χ1n) is 4.76. The van der Waals surface area contributed by atoms with Gasteiger partial charge in [0.2, 0.25) is 0 Å². The summed E-state index contributed by atoms with van der Waals surface area (Å²) in [6.45, 7) is 0.563. The molecule has 15 heavy (non-hydrogen) atoms. The molecule has 0 amide bonds. The van der Waals surface area contributed by atoms with E-state index in [0.29, 0.717) is 17.9 Å². The predicted molar refractivity (Wildman–Crippen MR) is 58.1 cm³/mol. The van der Waals surface area contributed by atoms with Crippen LogP contribution in [0.1, 0.15) is 11.1 Å². The number of anilines is 1. The maximum Gasteiger partial charge on any atom is 0.127 e. The second-order valence-electron chi connectivity index (χ2n) is 3.36. The van der Waals surface area contributed by atoms with Gasteiger partial charge in [0.25, 0.3) is 0 Å². The quantitative estimate of drug-likeness (QED) is 0.782. The molecule has 0 fully saturated rings. The summed E-state index contributed by atoms with van der Waals surface area (Å²) < 4.78 is 1.68. The van der Waals surface area contributed by atoms with Crippen molar-refractivity contribution >= 4 is 5.82 Å². The zero-order valence-corrected chi connectivity index (χ0v) is 8.30. The van der Waals surface area contributed by atoms with E-state index in [1.807, 2.05) is 30.3 Å². The Morgan fingerprint density at radius 2 is 2.00 bits per heavy atom. The minimum atomic E-state index is -0.0688. The molecule has 2 aromatic rings. The average molecular weight is 203 g/mol. The third kappa shape index (κ3) is 1.99. The van der Waals surface area contributed by atoms with E-state index in [4.69, 9.17) is 10.8 Å². The normalized spacial score (nSPS) is 10.5. The molecule has 0 radical (unpaired) electrons. The van der Waals surface area contributed by atoms with E-state index in [2.05, 4.69) is 5.10 Å². The van der Waals surface area contributed by atoms with Crippen LogP contribution in [0.4, 0.5) is 5.82 Å². The third-order valence-corrected chi connectivity index (χ3v) is 2.31. The minimum Gasteiger partial charge on any atom is -0.391 e. The lowest BCUT2D eigenvalue weighted by atomic mass is 10.2. The van der Waals surface area contributed by atoms with Crippen LogP contribution >= 0.6 is 0 Å². The van der Waals surface area contributed by atoms with Gasteiger partial charge in [0.1, 0.15) is 5.82 Å². The third-order valence-electron chi connectivity index (χ3n) is 2.31. The van der Waals surface area contributed by atoms with Crippen molar-refractivity contribution in [3.8, 4) is 0 Å². The number of benzene rings is 1. The molecule has 0 aliphatic heterocycles. The standard InChI is InChI=1S/C11H13N3O/c12-11-10(8-15)6-13-14(11)7-9-4-2-1-3-5-9/h1-6,15H,7-8,12H2. The van der Waals surface area contributed by atoms with E-state index in [1.165, 1.54) is 0 Å². The van der Waals surface area contributed by atoms with E-state index in [-0.39, 0.29) is 6.61 Å². The molecular formula is C11H13N3O. The van der Waals surface area contributed by atoms with Gasteiger partial charge in [-0.15, -0.1) is 0 Å². The monoisotopic (exact) mass is 203 g/mol. The van der Waals surface area contributed by atoms with Gasteiger partial charge >= 0.3 is 0 Å². The van der Waals surface area contributed by atoms with E-state index in [9.17, 15) is 0 Å². The molecule has 1 aromatic carbocycles. The first-order valence-corrected chi connectivity index (χ1v) is 4.76. The number of hydrogen-bond donors (Lipinski definition) is 2. The van der Waals surface area contributed by atoms with Crippen LogP contribution in [0.15, 0.2) is 36.5 Å². The van der Waals surface area contributed by atoms with E-state index >= 15 is 0 Å². The highest BCUT2D eigenvalue weighted by molar-refractivity contribution is 5.38. The largest absolute Gasteiger partial charge is 0.391 e. The number of aliphatic hydroxyl groups excluding tert-OH is 1. The molecule has 0 aliphatic rings. The first-order chi connectivity index (χ1) is 7.31. The van der Waals surface area contributed by atoms with E-state index in [0.717, 1.165) is 5.56 Å². The van der Waals surface area contributed by atoms with Crippen molar-refractivity contribution < 1.29 is 5.11 Å². The molecule has 78 valence electrons. The van der Waals surface area contributed by atoms with Gasteiger partial charge in [0, 0.05) is 5.56 Å².